The minimum atomic E-state index is -0.355. The Morgan fingerprint density at radius 2 is 2.04 bits per heavy atom. The summed E-state index contributed by atoms with van der Waals surface area (Å²) >= 11 is 0. The fraction of sp³-hybridized carbons (Fsp3) is 0.500. The molecule has 0 radical (unpaired) electrons. The number of nitrogens with zero attached hydrogens (tertiary/aromatic N) is 4. The van der Waals surface area contributed by atoms with E-state index >= 15 is 0 Å². The van der Waals surface area contributed by atoms with Crippen LogP contribution in [0.15, 0.2) is 35.6 Å². The molecule has 25 heavy (non-hydrogen) atoms. The molecule has 0 aliphatic heterocycles. The lowest BCUT2D eigenvalue weighted by Crippen LogP contribution is -2.44. The minimum absolute atomic E-state index is 0.183. The quantitative estimate of drug-likeness (QED) is 0.595. The van der Waals surface area contributed by atoms with Crippen molar-refractivity contribution in [3.8, 4) is 0 Å². The van der Waals surface area contributed by atoms with E-state index in [2.05, 4.69) is 32.7 Å². The van der Waals surface area contributed by atoms with Gasteiger partial charge in [-0.05, 0) is 11.6 Å². The van der Waals surface area contributed by atoms with Crippen LogP contribution in [-0.4, -0.2) is 40.9 Å². The monoisotopic (exact) mass is 346 g/mol. The summed E-state index contributed by atoms with van der Waals surface area (Å²) < 4.78 is 16.1. The highest BCUT2D eigenvalue weighted by Gasteiger charge is 2.24. The molecule has 0 saturated carbocycles. The van der Waals surface area contributed by atoms with Crippen LogP contribution in [0.1, 0.15) is 32.2 Å². The normalized spacial score (nSPS) is 12.3. The van der Waals surface area contributed by atoms with Crippen LogP contribution in [0, 0.1) is 5.82 Å². The number of aryl methyl sites for hydroxylation is 1. The minimum Gasteiger partial charge on any atom is -0.356 e. The number of halogens is 1. The maximum atomic E-state index is 14.0. The van der Waals surface area contributed by atoms with Crippen LogP contribution in [0.4, 0.5) is 4.39 Å². The third-order valence-corrected chi connectivity index (χ3v) is 4.18. The van der Waals surface area contributed by atoms with E-state index in [1.165, 1.54) is 6.07 Å². The van der Waals surface area contributed by atoms with Gasteiger partial charge >= 0.3 is 0 Å². The summed E-state index contributed by atoms with van der Waals surface area (Å²) in [5.41, 5.74) is 0.335. The Morgan fingerprint density at radius 1 is 1.28 bits per heavy atom. The number of hydrogen-bond donors (Lipinski definition) is 2. The van der Waals surface area contributed by atoms with Crippen LogP contribution < -0.4 is 10.6 Å². The van der Waals surface area contributed by atoms with Crippen molar-refractivity contribution < 1.29 is 4.39 Å². The first kappa shape index (κ1) is 18.9. The van der Waals surface area contributed by atoms with Gasteiger partial charge in [0.2, 0.25) is 0 Å². The highest BCUT2D eigenvalue weighted by atomic mass is 19.1. The molecule has 2 aromatic rings. The zero-order valence-corrected chi connectivity index (χ0v) is 15.4. The van der Waals surface area contributed by atoms with Crippen molar-refractivity contribution in [3.63, 3.8) is 0 Å². The molecule has 0 spiro atoms. The molecule has 1 aromatic carbocycles. The average Bonchev–Trinajstić information content (AvgIpc) is 3.05. The van der Waals surface area contributed by atoms with Crippen molar-refractivity contribution in [2.24, 2.45) is 4.99 Å². The van der Waals surface area contributed by atoms with Gasteiger partial charge in [0.05, 0.1) is 0 Å². The van der Waals surface area contributed by atoms with E-state index in [0.29, 0.717) is 24.6 Å². The lowest BCUT2D eigenvalue weighted by Gasteiger charge is -2.27. The third kappa shape index (κ3) is 5.01. The van der Waals surface area contributed by atoms with E-state index in [0.717, 1.165) is 18.8 Å². The van der Waals surface area contributed by atoms with Gasteiger partial charge in [-0.1, -0.05) is 39.0 Å². The Morgan fingerprint density at radius 3 is 2.72 bits per heavy atom. The molecule has 0 saturated heterocycles. The lowest BCUT2D eigenvalue weighted by atomic mass is 9.84. The number of nitrogens with one attached hydrogen (secondary N) is 2. The second-order valence-corrected chi connectivity index (χ2v) is 6.51. The summed E-state index contributed by atoms with van der Waals surface area (Å²) in [5, 5.41) is 14.5. The Bertz CT molecular complexity index is 707. The van der Waals surface area contributed by atoms with Crippen molar-refractivity contribution in [3.05, 3.63) is 47.8 Å². The largest absolute Gasteiger partial charge is 0.356 e. The number of benzene rings is 1. The first-order chi connectivity index (χ1) is 12.0. The molecule has 1 heterocycles. The van der Waals surface area contributed by atoms with E-state index in [-0.39, 0.29) is 11.2 Å². The molecule has 0 aliphatic rings. The van der Waals surface area contributed by atoms with Crippen LogP contribution >= 0.6 is 0 Å². The van der Waals surface area contributed by atoms with Crippen LogP contribution in [0.5, 0.6) is 0 Å². The summed E-state index contributed by atoms with van der Waals surface area (Å²) in [6, 6.07) is 6.89. The second-order valence-electron chi connectivity index (χ2n) is 6.51. The molecule has 0 aliphatic carbocycles. The predicted molar refractivity (Wildman–Crippen MR) is 98.2 cm³/mol. The molecular weight excluding hydrogens is 319 g/mol. The fourth-order valence-corrected chi connectivity index (χ4v) is 2.66. The molecule has 2 N–H and O–H groups in total. The molecule has 0 bridgehead atoms. The van der Waals surface area contributed by atoms with E-state index < -0.39 is 0 Å². The third-order valence-electron chi connectivity index (χ3n) is 4.18. The smallest absolute Gasteiger partial charge is 0.191 e. The van der Waals surface area contributed by atoms with Gasteiger partial charge in [-0.2, -0.15) is 0 Å². The van der Waals surface area contributed by atoms with Gasteiger partial charge < -0.3 is 15.2 Å². The Labute approximate surface area is 148 Å². The van der Waals surface area contributed by atoms with Crippen LogP contribution in [0.3, 0.4) is 0 Å². The summed E-state index contributed by atoms with van der Waals surface area (Å²) in [6.45, 7) is 8.10. The molecule has 0 fully saturated rings. The standard InChI is InChI=1S/C18H27FN6/c1-5-16-24-23-13-25(16)11-10-21-17(20-4)22-12-18(2,3)14-8-6-7-9-15(14)19/h6-9,13H,5,10-12H2,1-4H3,(H2,20,21,22). The molecule has 0 unspecified atom stereocenters. The Balaban J connectivity index is 1.87. The topological polar surface area (TPSA) is 67.1 Å². The second kappa shape index (κ2) is 8.60. The average molecular weight is 346 g/mol. The van der Waals surface area contributed by atoms with Gasteiger partial charge in [-0.25, -0.2) is 4.39 Å². The fourth-order valence-electron chi connectivity index (χ4n) is 2.66. The predicted octanol–water partition coefficient (Wildman–Crippen LogP) is 2.12. The van der Waals surface area contributed by atoms with Crippen molar-refractivity contribution in [2.45, 2.75) is 39.2 Å². The zero-order valence-electron chi connectivity index (χ0n) is 15.4. The summed E-state index contributed by atoms with van der Waals surface area (Å²) in [7, 11) is 1.72. The molecule has 7 heteroatoms. The van der Waals surface area contributed by atoms with Gasteiger partial charge in [0.15, 0.2) is 5.96 Å². The van der Waals surface area contributed by atoms with Crippen molar-refractivity contribution in [1.82, 2.24) is 25.4 Å². The number of guanidine groups is 1. The van der Waals surface area contributed by atoms with Gasteiger partial charge in [-0.15, -0.1) is 10.2 Å². The van der Waals surface area contributed by atoms with E-state index in [1.54, 1.807) is 19.4 Å². The number of hydrogen-bond acceptors (Lipinski definition) is 3. The zero-order chi connectivity index (χ0) is 18.3. The van der Waals surface area contributed by atoms with Gasteiger partial charge in [0.25, 0.3) is 0 Å². The summed E-state index contributed by atoms with van der Waals surface area (Å²) in [6.07, 6.45) is 2.59. The van der Waals surface area contributed by atoms with E-state index in [1.807, 2.05) is 30.5 Å². The first-order valence-corrected chi connectivity index (χ1v) is 8.54. The molecule has 0 amide bonds. The molecule has 1 aromatic heterocycles. The summed E-state index contributed by atoms with van der Waals surface area (Å²) in [5.74, 6) is 1.47. The first-order valence-electron chi connectivity index (χ1n) is 8.54. The van der Waals surface area contributed by atoms with Crippen molar-refractivity contribution in [1.29, 1.82) is 0 Å². The molecular formula is C18H27FN6. The Hall–Kier alpha value is -2.44. The van der Waals surface area contributed by atoms with Gasteiger partial charge in [0.1, 0.15) is 18.0 Å². The maximum absolute atomic E-state index is 14.0. The van der Waals surface area contributed by atoms with Gasteiger partial charge in [0, 0.05) is 38.5 Å². The van der Waals surface area contributed by atoms with Gasteiger partial charge in [-0.3, -0.25) is 4.99 Å². The highest BCUT2D eigenvalue weighted by Crippen LogP contribution is 2.24. The molecule has 136 valence electrons. The van der Waals surface area contributed by atoms with Crippen molar-refractivity contribution >= 4 is 5.96 Å². The summed E-state index contributed by atoms with van der Waals surface area (Å²) in [4.78, 5) is 4.23. The molecule has 2 rings (SSSR count). The van der Waals surface area contributed by atoms with E-state index in [9.17, 15) is 4.39 Å². The molecule has 6 nitrogen and oxygen atoms in total. The molecule has 0 atom stereocenters. The SMILES string of the molecule is CCc1nncn1CCNC(=NC)NCC(C)(C)c1ccccc1F. The van der Waals surface area contributed by atoms with Crippen LogP contribution in [0.25, 0.3) is 0 Å². The van der Waals surface area contributed by atoms with Crippen molar-refractivity contribution in [2.75, 3.05) is 20.1 Å². The van der Waals surface area contributed by atoms with Crippen LogP contribution in [-0.2, 0) is 18.4 Å². The number of aromatic nitrogens is 3. The number of aliphatic imine (C=N–C) groups is 1. The maximum Gasteiger partial charge on any atom is 0.191 e. The Kier molecular flexibility index (Phi) is 6.50. The van der Waals surface area contributed by atoms with Crippen LogP contribution in [0.2, 0.25) is 0 Å². The van der Waals surface area contributed by atoms with E-state index in [4.69, 9.17) is 0 Å². The number of rotatable bonds is 7. The highest BCUT2D eigenvalue weighted by molar-refractivity contribution is 5.79. The lowest BCUT2D eigenvalue weighted by molar-refractivity contribution is 0.472.